The fourth-order valence-electron chi connectivity index (χ4n) is 3.20. The van der Waals surface area contributed by atoms with Crippen molar-refractivity contribution in [1.82, 2.24) is 10.3 Å². The van der Waals surface area contributed by atoms with Gasteiger partial charge in [0.05, 0.1) is 6.04 Å². The third-order valence-corrected chi connectivity index (χ3v) is 4.57. The van der Waals surface area contributed by atoms with Crippen LogP contribution in [0.15, 0.2) is 95.9 Å². The molecule has 0 atom stereocenters. The number of pyridine rings is 1. The molecule has 0 saturated carbocycles. The van der Waals surface area contributed by atoms with E-state index in [4.69, 9.17) is 0 Å². The van der Waals surface area contributed by atoms with Gasteiger partial charge in [-0.25, -0.2) is 0 Å². The number of hydrogen-bond acceptors (Lipinski definition) is 2. The average molecular weight is 354 g/mol. The molecule has 0 fully saturated rings. The second kappa shape index (κ2) is 7.30. The first-order valence-electron chi connectivity index (χ1n) is 8.75. The van der Waals surface area contributed by atoms with E-state index in [1.807, 2.05) is 72.8 Å². The van der Waals surface area contributed by atoms with Gasteiger partial charge in [-0.15, -0.1) is 0 Å². The highest BCUT2D eigenvalue weighted by Gasteiger charge is 2.20. The van der Waals surface area contributed by atoms with Gasteiger partial charge < -0.3 is 10.3 Å². The Morgan fingerprint density at radius 3 is 1.96 bits per heavy atom. The molecule has 27 heavy (non-hydrogen) atoms. The Balaban J connectivity index is 1.73. The molecule has 2 N–H and O–H groups in total. The van der Waals surface area contributed by atoms with Gasteiger partial charge in [0.15, 0.2) is 0 Å². The van der Waals surface area contributed by atoms with E-state index in [0.717, 1.165) is 11.1 Å². The highest BCUT2D eigenvalue weighted by Crippen LogP contribution is 2.22. The first-order valence-corrected chi connectivity index (χ1v) is 8.75. The summed E-state index contributed by atoms with van der Waals surface area (Å²) in [7, 11) is 0. The first-order chi connectivity index (χ1) is 13.2. The minimum atomic E-state index is -0.403. The third-order valence-electron chi connectivity index (χ3n) is 4.57. The molecule has 4 heteroatoms. The number of rotatable bonds is 4. The van der Waals surface area contributed by atoms with E-state index in [1.54, 1.807) is 12.1 Å². The van der Waals surface area contributed by atoms with Crippen molar-refractivity contribution < 1.29 is 4.79 Å². The lowest BCUT2D eigenvalue weighted by atomic mass is 9.98. The number of fused-ring (bicyclic) bond motifs is 1. The van der Waals surface area contributed by atoms with Crippen LogP contribution in [0.4, 0.5) is 0 Å². The van der Waals surface area contributed by atoms with E-state index >= 15 is 0 Å². The van der Waals surface area contributed by atoms with Crippen LogP contribution >= 0.6 is 0 Å². The zero-order valence-electron chi connectivity index (χ0n) is 14.6. The predicted molar refractivity (Wildman–Crippen MR) is 107 cm³/mol. The number of para-hydroxylation sites is 1. The Morgan fingerprint density at radius 1 is 0.778 bits per heavy atom. The number of aromatic nitrogens is 1. The Morgan fingerprint density at radius 2 is 1.33 bits per heavy atom. The molecule has 0 aliphatic heterocycles. The van der Waals surface area contributed by atoms with Crippen molar-refractivity contribution in [3.8, 4) is 0 Å². The summed E-state index contributed by atoms with van der Waals surface area (Å²) in [6.45, 7) is 0. The summed E-state index contributed by atoms with van der Waals surface area (Å²) in [5, 5.41) is 3.51. The summed E-state index contributed by atoms with van der Waals surface area (Å²) >= 11 is 0. The van der Waals surface area contributed by atoms with Crippen LogP contribution in [0.2, 0.25) is 0 Å². The SMILES string of the molecule is O=C(NC(c1ccccc1)c1ccccc1)c1c[nH]c2ccccc2c1=O. The van der Waals surface area contributed by atoms with E-state index in [2.05, 4.69) is 10.3 Å². The van der Waals surface area contributed by atoms with Crippen molar-refractivity contribution in [2.45, 2.75) is 6.04 Å². The fraction of sp³-hybridized carbons (Fsp3) is 0.0435. The van der Waals surface area contributed by atoms with Gasteiger partial charge in [-0.05, 0) is 23.3 Å². The van der Waals surface area contributed by atoms with Crippen LogP contribution in [0.5, 0.6) is 0 Å². The highest BCUT2D eigenvalue weighted by atomic mass is 16.2. The van der Waals surface area contributed by atoms with Crippen LogP contribution in [-0.2, 0) is 0 Å². The standard InChI is InChI=1S/C23H18N2O2/c26-22-18-13-7-8-14-20(18)24-15-19(22)23(27)25-21(16-9-3-1-4-10-16)17-11-5-2-6-12-17/h1-15,21H,(H,24,26)(H,25,27). The molecule has 0 aliphatic carbocycles. The van der Waals surface area contributed by atoms with Gasteiger partial charge in [0.25, 0.3) is 5.91 Å². The molecular formula is C23H18N2O2. The molecule has 1 amide bonds. The number of aromatic amines is 1. The van der Waals surface area contributed by atoms with Gasteiger partial charge in [-0.2, -0.15) is 0 Å². The second-order valence-electron chi connectivity index (χ2n) is 6.30. The molecule has 4 rings (SSSR count). The van der Waals surface area contributed by atoms with Crippen molar-refractivity contribution >= 4 is 16.8 Å². The van der Waals surface area contributed by atoms with E-state index in [-0.39, 0.29) is 17.0 Å². The minimum absolute atomic E-state index is 0.102. The Kier molecular flexibility index (Phi) is 4.54. The number of carbonyl (C=O) groups is 1. The third kappa shape index (κ3) is 3.37. The molecule has 0 saturated heterocycles. The summed E-state index contributed by atoms with van der Waals surface area (Å²) in [5.74, 6) is -0.403. The first kappa shape index (κ1) is 16.8. The zero-order valence-corrected chi connectivity index (χ0v) is 14.6. The normalized spacial score (nSPS) is 10.9. The lowest BCUT2D eigenvalue weighted by molar-refractivity contribution is 0.0941. The largest absolute Gasteiger partial charge is 0.360 e. The Hall–Kier alpha value is -3.66. The quantitative estimate of drug-likeness (QED) is 0.581. The molecule has 0 aliphatic rings. The van der Waals surface area contributed by atoms with E-state index in [0.29, 0.717) is 10.9 Å². The number of benzene rings is 3. The molecule has 0 spiro atoms. The maximum absolute atomic E-state index is 12.9. The summed E-state index contributed by atoms with van der Waals surface area (Å²) in [6, 6.07) is 26.3. The monoisotopic (exact) mass is 354 g/mol. The Labute approximate surface area is 156 Å². The van der Waals surface area contributed by atoms with Crippen LogP contribution in [0.3, 0.4) is 0 Å². The molecular weight excluding hydrogens is 336 g/mol. The molecule has 1 aromatic heterocycles. The number of carbonyl (C=O) groups excluding carboxylic acids is 1. The van der Waals surface area contributed by atoms with Crippen molar-refractivity contribution in [3.05, 3.63) is 118 Å². The number of hydrogen-bond donors (Lipinski definition) is 2. The smallest absolute Gasteiger partial charge is 0.257 e. The lowest BCUT2D eigenvalue weighted by Gasteiger charge is -2.20. The molecule has 132 valence electrons. The topological polar surface area (TPSA) is 62.0 Å². The van der Waals surface area contributed by atoms with Crippen molar-refractivity contribution in [1.29, 1.82) is 0 Å². The molecule has 0 bridgehead atoms. The highest BCUT2D eigenvalue weighted by molar-refractivity contribution is 5.97. The molecule has 4 aromatic rings. The predicted octanol–water partition coefficient (Wildman–Crippen LogP) is 4.05. The van der Waals surface area contributed by atoms with Gasteiger partial charge in [0.2, 0.25) is 5.43 Å². The van der Waals surface area contributed by atoms with Gasteiger partial charge in [-0.1, -0.05) is 72.8 Å². The van der Waals surface area contributed by atoms with Gasteiger partial charge in [0.1, 0.15) is 5.56 Å². The number of nitrogens with one attached hydrogen (secondary N) is 2. The zero-order chi connectivity index (χ0) is 18.6. The van der Waals surface area contributed by atoms with Crippen molar-refractivity contribution in [2.24, 2.45) is 0 Å². The summed E-state index contributed by atoms with van der Waals surface area (Å²) < 4.78 is 0. The summed E-state index contributed by atoms with van der Waals surface area (Å²) in [4.78, 5) is 28.7. The number of amides is 1. The average Bonchev–Trinajstić information content (AvgIpc) is 2.73. The lowest BCUT2D eigenvalue weighted by Crippen LogP contribution is -2.32. The molecule has 1 heterocycles. The van der Waals surface area contributed by atoms with E-state index in [1.165, 1.54) is 6.20 Å². The summed E-state index contributed by atoms with van der Waals surface area (Å²) in [5.41, 5.74) is 2.44. The van der Waals surface area contributed by atoms with Crippen molar-refractivity contribution in [2.75, 3.05) is 0 Å². The second-order valence-corrected chi connectivity index (χ2v) is 6.30. The van der Waals surface area contributed by atoms with E-state index < -0.39 is 5.91 Å². The maximum atomic E-state index is 12.9. The molecule has 4 nitrogen and oxygen atoms in total. The minimum Gasteiger partial charge on any atom is -0.360 e. The van der Waals surface area contributed by atoms with Crippen LogP contribution in [0.1, 0.15) is 27.5 Å². The fourth-order valence-corrected chi connectivity index (χ4v) is 3.20. The van der Waals surface area contributed by atoms with Crippen LogP contribution in [0.25, 0.3) is 10.9 Å². The maximum Gasteiger partial charge on any atom is 0.257 e. The molecule has 0 unspecified atom stereocenters. The van der Waals surface area contributed by atoms with Crippen LogP contribution in [0, 0.1) is 0 Å². The molecule has 0 radical (unpaired) electrons. The van der Waals surface area contributed by atoms with Gasteiger partial charge >= 0.3 is 0 Å². The van der Waals surface area contributed by atoms with Crippen LogP contribution in [-0.4, -0.2) is 10.9 Å². The molecule has 3 aromatic carbocycles. The summed E-state index contributed by atoms with van der Waals surface area (Å²) in [6.07, 6.45) is 1.48. The van der Waals surface area contributed by atoms with Gasteiger partial charge in [0, 0.05) is 17.1 Å². The number of H-pyrrole nitrogens is 1. The van der Waals surface area contributed by atoms with E-state index in [9.17, 15) is 9.59 Å². The van der Waals surface area contributed by atoms with Crippen molar-refractivity contribution in [3.63, 3.8) is 0 Å². The Bertz CT molecular complexity index is 1100. The van der Waals surface area contributed by atoms with Gasteiger partial charge in [-0.3, -0.25) is 9.59 Å². The van der Waals surface area contributed by atoms with Crippen LogP contribution < -0.4 is 10.7 Å².